The van der Waals surface area contributed by atoms with Crippen LogP contribution in [0, 0.1) is 5.41 Å². The Bertz CT molecular complexity index is 588. The van der Waals surface area contributed by atoms with Crippen molar-refractivity contribution in [3.05, 3.63) is 63.3 Å². The monoisotopic (exact) mass is 424 g/mol. The predicted octanol–water partition coefficient (Wildman–Crippen LogP) is 1.15. The van der Waals surface area contributed by atoms with Gasteiger partial charge >= 0.3 is 29.8 Å². The van der Waals surface area contributed by atoms with Crippen molar-refractivity contribution in [3.8, 4) is 0 Å². The molecule has 10 heteroatoms. The zero-order valence-corrected chi connectivity index (χ0v) is 16.4. The molecule has 0 unspecified atom stereocenters. The standard InChI is InChI=1S/C17H20O8.C3H4O2/c1-5-13(18)22-9-17(10-23-14(19)6-2,11-24-15(20)7-3)12-25-16(21)8-4;1-2-3(4)5/h5-8H,1-4,9-12H2;2H,1H2,(H,4,5). The molecule has 164 valence electrons. The van der Waals surface area contributed by atoms with Gasteiger partial charge in [-0.05, 0) is 0 Å². The molecule has 0 bridgehead atoms. The molecule has 0 saturated heterocycles. The van der Waals surface area contributed by atoms with Gasteiger partial charge < -0.3 is 24.1 Å². The first-order valence-electron chi connectivity index (χ1n) is 8.11. The van der Waals surface area contributed by atoms with E-state index in [1.807, 2.05) is 0 Å². The first-order chi connectivity index (χ1) is 14.1. The van der Waals surface area contributed by atoms with Crippen LogP contribution in [-0.4, -0.2) is 61.4 Å². The van der Waals surface area contributed by atoms with Crippen molar-refractivity contribution in [2.24, 2.45) is 5.41 Å². The smallest absolute Gasteiger partial charge is 0.330 e. The number of carbonyl (C=O) groups is 5. The number of carbonyl (C=O) groups excluding carboxylic acids is 4. The molecule has 0 heterocycles. The topological polar surface area (TPSA) is 143 Å². The zero-order valence-electron chi connectivity index (χ0n) is 16.4. The van der Waals surface area contributed by atoms with E-state index in [0.29, 0.717) is 0 Å². The molecule has 0 spiro atoms. The fourth-order valence-electron chi connectivity index (χ4n) is 1.38. The van der Waals surface area contributed by atoms with Crippen LogP contribution in [-0.2, 0) is 42.9 Å². The van der Waals surface area contributed by atoms with Gasteiger partial charge in [0.1, 0.15) is 31.8 Å². The number of carboxylic acid groups (broad SMARTS) is 1. The van der Waals surface area contributed by atoms with Crippen LogP contribution >= 0.6 is 0 Å². The van der Waals surface area contributed by atoms with Crippen LogP contribution in [0.25, 0.3) is 0 Å². The van der Waals surface area contributed by atoms with E-state index < -0.39 is 35.3 Å². The number of carboxylic acids is 1. The molecule has 0 aliphatic carbocycles. The second kappa shape index (κ2) is 16.0. The van der Waals surface area contributed by atoms with Crippen LogP contribution in [0.1, 0.15) is 0 Å². The minimum atomic E-state index is -1.34. The van der Waals surface area contributed by atoms with E-state index in [1.54, 1.807) is 0 Å². The molecular weight excluding hydrogens is 400 g/mol. The van der Waals surface area contributed by atoms with E-state index in [0.717, 1.165) is 30.4 Å². The Morgan fingerprint density at radius 2 is 0.767 bits per heavy atom. The molecule has 0 amide bonds. The van der Waals surface area contributed by atoms with Gasteiger partial charge in [0.15, 0.2) is 0 Å². The Hall–Kier alpha value is -3.95. The lowest BCUT2D eigenvalue weighted by Crippen LogP contribution is -2.43. The first-order valence-corrected chi connectivity index (χ1v) is 8.11. The molecule has 0 aromatic rings. The van der Waals surface area contributed by atoms with E-state index in [-0.39, 0.29) is 26.4 Å². The number of hydrogen-bond acceptors (Lipinski definition) is 9. The summed E-state index contributed by atoms with van der Waals surface area (Å²) in [7, 11) is 0. The number of aliphatic carboxylic acids is 1. The summed E-state index contributed by atoms with van der Waals surface area (Å²) < 4.78 is 19.8. The molecule has 30 heavy (non-hydrogen) atoms. The number of hydrogen-bond donors (Lipinski definition) is 1. The molecule has 1 N–H and O–H groups in total. The van der Waals surface area contributed by atoms with Crippen molar-refractivity contribution >= 4 is 29.8 Å². The number of rotatable bonds is 13. The summed E-state index contributed by atoms with van der Waals surface area (Å²) in [6.45, 7) is 14.5. The summed E-state index contributed by atoms with van der Waals surface area (Å²) >= 11 is 0. The van der Waals surface area contributed by atoms with E-state index in [1.165, 1.54) is 0 Å². The highest BCUT2D eigenvalue weighted by Crippen LogP contribution is 2.21. The SMILES string of the molecule is C=CC(=O)O.C=CC(=O)OCC(COC(=O)C=C)(COC(=O)C=C)COC(=O)C=C. The van der Waals surface area contributed by atoms with Gasteiger partial charge in [0.2, 0.25) is 0 Å². The predicted molar refractivity (Wildman–Crippen MR) is 105 cm³/mol. The Balaban J connectivity index is 0. The molecule has 0 atom stereocenters. The van der Waals surface area contributed by atoms with Gasteiger partial charge in [-0.1, -0.05) is 32.9 Å². The summed E-state index contributed by atoms with van der Waals surface area (Å²) in [4.78, 5) is 54.6. The Kier molecular flexibility index (Phi) is 15.1. The van der Waals surface area contributed by atoms with Crippen molar-refractivity contribution in [1.82, 2.24) is 0 Å². The van der Waals surface area contributed by atoms with Crippen molar-refractivity contribution in [1.29, 1.82) is 0 Å². The normalized spacial score (nSPS) is 9.33. The van der Waals surface area contributed by atoms with E-state index in [2.05, 4.69) is 32.9 Å². The van der Waals surface area contributed by atoms with Gasteiger partial charge in [-0.3, -0.25) is 0 Å². The molecule has 0 aromatic carbocycles. The lowest BCUT2D eigenvalue weighted by molar-refractivity contribution is -0.164. The second-order valence-corrected chi connectivity index (χ2v) is 5.29. The Morgan fingerprint density at radius 3 is 0.900 bits per heavy atom. The van der Waals surface area contributed by atoms with Crippen LogP contribution in [0.2, 0.25) is 0 Å². The average molecular weight is 424 g/mol. The van der Waals surface area contributed by atoms with Gasteiger partial charge in [0.25, 0.3) is 0 Å². The number of esters is 4. The van der Waals surface area contributed by atoms with E-state index in [9.17, 15) is 24.0 Å². The van der Waals surface area contributed by atoms with E-state index >= 15 is 0 Å². The van der Waals surface area contributed by atoms with Crippen LogP contribution in [0.3, 0.4) is 0 Å². The van der Waals surface area contributed by atoms with Gasteiger partial charge in [-0.2, -0.15) is 0 Å². The summed E-state index contributed by atoms with van der Waals surface area (Å²) in [5.74, 6) is -4.02. The van der Waals surface area contributed by atoms with Crippen molar-refractivity contribution < 1.29 is 48.0 Å². The van der Waals surface area contributed by atoms with Crippen LogP contribution in [0.5, 0.6) is 0 Å². The quantitative estimate of drug-likeness (QED) is 0.260. The second-order valence-electron chi connectivity index (χ2n) is 5.29. The minimum Gasteiger partial charge on any atom is -0.478 e. The van der Waals surface area contributed by atoms with Gasteiger partial charge in [-0.15, -0.1) is 0 Å². The highest BCUT2D eigenvalue weighted by Gasteiger charge is 2.37. The molecule has 0 saturated carbocycles. The zero-order chi connectivity index (χ0) is 23.6. The van der Waals surface area contributed by atoms with Gasteiger partial charge in [0, 0.05) is 30.4 Å². The largest absolute Gasteiger partial charge is 0.478 e. The summed E-state index contributed by atoms with van der Waals surface area (Å²) in [6, 6.07) is 0. The minimum absolute atomic E-state index is 0.378. The molecule has 0 fully saturated rings. The highest BCUT2D eigenvalue weighted by atomic mass is 16.6. The third-order valence-electron chi connectivity index (χ3n) is 2.92. The molecule has 10 nitrogen and oxygen atoms in total. The maximum Gasteiger partial charge on any atom is 0.330 e. The maximum absolute atomic E-state index is 11.3. The first kappa shape index (κ1) is 28.3. The van der Waals surface area contributed by atoms with Crippen molar-refractivity contribution in [3.63, 3.8) is 0 Å². The van der Waals surface area contributed by atoms with Crippen molar-refractivity contribution in [2.45, 2.75) is 0 Å². The van der Waals surface area contributed by atoms with Gasteiger partial charge in [-0.25, -0.2) is 24.0 Å². The molecule has 0 rings (SSSR count). The lowest BCUT2D eigenvalue weighted by atomic mass is 9.92. The molecular formula is C20H24O10. The fraction of sp³-hybridized carbons (Fsp3) is 0.250. The molecule has 0 aromatic heterocycles. The summed E-state index contributed by atoms with van der Waals surface area (Å²) in [6.07, 6.45) is 4.52. The Morgan fingerprint density at radius 1 is 0.567 bits per heavy atom. The number of ether oxygens (including phenoxy) is 4. The third kappa shape index (κ3) is 14.2. The van der Waals surface area contributed by atoms with Gasteiger partial charge in [0.05, 0.1) is 0 Å². The summed E-state index contributed by atoms with van der Waals surface area (Å²) in [5.41, 5.74) is -1.34. The highest BCUT2D eigenvalue weighted by molar-refractivity contribution is 5.82. The molecule has 0 radical (unpaired) electrons. The van der Waals surface area contributed by atoms with Crippen LogP contribution in [0.4, 0.5) is 0 Å². The van der Waals surface area contributed by atoms with Crippen LogP contribution < -0.4 is 0 Å². The summed E-state index contributed by atoms with van der Waals surface area (Å²) in [5, 5.41) is 7.60. The van der Waals surface area contributed by atoms with Crippen molar-refractivity contribution in [2.75, 3.05) is 26.4 Å². The molecule has 0 aliphatic rings. The molecule has 0 aliphatic heterocycles. The fourth-order valence-corrected chi connectivity index (χ4v) is 1.38. The third-order valence-corrected chi connectivity index (χ3v) is 2.92. The maximum atomic E-state index is 11.3. The van der Waals surface area contributed by atoms with E-state index in [4.69, 9.17) is 24.1 Å². The Labute approximate surface area is 173 Å². The average Bonchev–Trinajstić information content (AvgIpc) is 2.76. The lowest BCUT2D eigenvalue weighted by Gasteiger charge is -2.31. The van der Waals surface area contributed by atoms with Crippen LogP contribution in [0.15, 0.2) is 63.3 Å².